The zero-order chi connectivity index (χ0) is 22.1. The van der Waals surface area contributed by atoms with Gasteiger partial charge in [-0.05, 0) is 29.2 Å². The van der Waals surface area contributed by atoms with E-state index in [0.29, 0.717) is 33.7 Å². The lowest BCUT2D eigenvalue weighted by Crippen LogP contribution is -2.26. The highest BCUT2D eigenvalue weighted by Gasteiger charge is 2.20. The Hall–Kier alpha value is -3.48. The summed E-state index contributed by atoms with van der Waals surface area (Å²) in [4.78, 5) is 19.2. The van der Waals surface area contributed by atoms with Crippen LogP contribution < -0.4 is 5.56 Å². The van der Waals surface area contributed by atoms with Crippen molar-refractivity contribution in [2.45, 2.75) is 19.6 Å². The standard InChI is InChI=1S/C26H22N2O3S/c1-31-16-21-27-25-23(26(30)28(21)15-18-10-6-3-7-11-18)22-19(12-13-20(29)24(22)32-25)14-17-8-4-2-5-9-17/h2-13,29H,14-16H2,1H3. The highest BCUT2D eigenvalue weighted by molar-refractivity contribution is 7.25. The number of ether oxygens (including phenoxy) is 1. The van der Waals surface area contributed by atoms with Gasteiger partial charge in [-0.2, -0.15) is 0 Å². The topological polar surface area (TPSA) is 64.3 Å². The predicted molar refractivity (Wildman–Crippen MR) is 129 cm³/mol. The molecule has 0 amide bonds. The number of methoxy groups -OCH3 is 1. The van der Waals surface area contributed by atoms with Crippen LogP contribution in [0.5, 0.6) is 5.75 Å². The van der Waals surface area contributed by atoms with Gasteiger partial charge in [-0.15, -0.1) is 11.3 Å². The lowest BCUT2D eigenvalue weighted by molar-refractivity contribution is 0.173. The number of fused-ring (bicyclic) bond motifs is 3. The summed E-state index contributed by atoms with van der Waals surface area (Å²) in [6, 6.07) is 23.6. The minimum atomic E-state index is -0.114. The van der Waals surface area contributed by atoms with Crippen LogP contribution >= 0.6 is 11.3 Å². The number of aromatic nitrogens is 2. The number of aromatic hydroxyl groups is 1. The van der Waals surface area contributed by atoms with Crippen LogP contribution in [0, 0.1) is 0 Å². The SMILES string of the molecule is COCc1nc2sc3c(O)ccc(Cc4ccccc4)c3c2c(=O)n1Cc1ccccc1. The average Bonchev–Trinajstić information content (AvgIpc) is 3.21. The van der Waals surface area contributed by atoms with Crippen molar-refractivity contribution in [3.05, 3.63) is 106 Å². The molecule has 0 saturated carbocycles. The summed E-state index contributed by atoms with van der Waals surface area (Å²) in [6.07, 6.45) is 0.668. The second kappa shape index (κ2) is 8.57. The van der Waals surface area contributed by atoms with Crippen molar-refractivity contribution in [3.63, 3.8) is 0 Å². The first-order valence-corrected chi connectivity index (χ1v) is 11.2. The molecule has 0 bridgehead atoms. The van der Waals surface area contributed by atoms with E-state index in [9.17, 15) is 9.90 Å². The number of hydrogen-bond donors (Lipinski definition) is 1. The van der Waals surface area contributed by atoms with Crippen LogP contribution in [-0.4, -0.2) is 21.8 Å². The number of phenols is 1. The van der Waals surface area contributed by atoms with Crippen LogP contribution in [0.15, 0.2) is 77.6 Å². The van der Waals surface area contributed by atoms with Crippen LogP contribution in [0.1, 0.15) is 22.5 Å². The van der Waals surface area contributed by atoms with Crippen LogP contribution in [0.2, 0.25) is 0 Å². The van der Waals surface area contributed by atoms with Gasteiger partial charge in [-0.3, -0.25) is 9.36 Å². The van der Waals surface area contributed by atoms with Crippen molar-refractivity contribution in [2.24, 2.45) is 0 Å². The summed E-state index contributed by atoms with van der Waals surface area (Å²) in [5, 5.41) is 11.9. The smallest absolute Gasteiger partial charge is 0.263 e. The lowest BCUT2D eigenvalue weighted by atomic mass is 10.00. The first-order valence-electron chi connectivity index (χ1n) is 10.4. The fraction of sp³-hybridized carbons (Fsp3) is 0.154. The predicted octanol–water partition coefficient (Wildman–Crippen LogP) is 5.10. The van der Waals surface area contributed by atoms with Crippen LogP contribution in [0.25, 0.3) is 20.3 Å². The molecule has 2 heterocycles. The Labute approximate surface area is 189 Å². The van der Waals surface area contributed by atoms with E-state index in [2.05, 4.69) is 12.1 Å². The van der Waals surface area contributed by atoms with Gasteiger partial charge in [0.25, 0.3) is 5.56 Å². The number of phenolic OH excluding ortho intramolecular Hbond substituents is 1. The first kappa shape index (κ1) is 20.4. The summed E-state index contributed by atoms with van der Waals surface area (Å²) >= 11 is 1.35. The van der Waals surface area contributed by atoms with Gasteiger partial charge in [0, 0.05) is 12.5 Å². The lowest BCUT2D eigenvalue weighted by Gasteiger charge is -2.12. The quantitative estimate of drug-likeness (QED) is 0.397. The number of rotatable bonds is 6. The summed E-state index contributed by atoms with van der Waals surface area (Å²) in [7, 11) is 1.60. The van der Waals surface area contributed by atoms with Crippen LogP contribution in [0.3, 0.4) is 0 Å². The molecule has 0 radical (unpaired) electrons. The highest BCUT2D eigenvalue weighted by atomic mass is 32.1. The maximum atomic E-state index is 13.8. The molecule has 5 nitrogen and oxygen atoms in total. The Morgan fingerprint density at radius 1 is 0.938 bits per heavy atom. The number of thiophene rings is 1. The monoisotopic (exact) mass is 442 g/mol. The van der Waals surface area contributed by atoms with E-state index in [4.69, 9.17) is 9.72 Å². The zero-order valence-electron chi connectivity index (χ0n) is 17.6. The van der Waals surface area contributed by atoms with Gasteiger partial charge in [0.2, 0.25) is 0 Å². The van der Waals surface area contributed by atoms with Gasteiger partial charge < -0.3 is 9.84 Å². The maximum Gasteiger partial charge on any atom is 0.263 e. The fourth-order valence-corrected chi connectivity index (χ4v) is 5.23. The van der Waals surface area contributed by atoms with E-state index in [1.54, 1.807) is 17.7 Å². The third kappa shape index (κ3) is 3.68. The minimum Gasteiger partial charge on any atom is -0.506 e. The minimum absolute atomic E-state index is 0.114. The van der Waals surface area contributed by atoms with Crippen molar-refractivity contribution < 1.29 is 9.84 Å². The summed E-state index contributed by atoms with van der Waals surface area (Å²) in [5.74, 6) is 0.742. The van der Waals surface area contributed by atoms with Gasteiger partial charge in [0.1, 0.15) is 23.0 Å². The number of hydrogen-bond acceptors (Lipinski definition) is 5. The number of benzene rings is 3. The van der Waals surface area contributed by atoms with Crippen LogP contribution in [-0.2, 0) is 24.3 Å². The summed E-state index contributed by atoms with van der Waals surface area (Å²) in [6.45, 7) is 0.639. The molecule has 5 aromatic rings. The molecule has 32 heavy (non-hydrogen) atoms. The highest BCUT2D eigenvalue weighted by Crippen LogP contribution is 2.39. The van der Waals surface area contributed by atoms with Crippen molar-refractivity contribution in [1.29, 1.82) is 0 Å². The fourth-order valence-electron chi connectivity index (χ4n) is 4.08. The van der Waals surface area contributed by atoms with E-state index in [1.807, 2.05) is 54.6 Å². The zero-order valence-corrected chi connectivity index (χ0v) is 18.4. The average molecular weight is 443 g/mol. The third-order valence-corrected chi connectivity index (χ3v) is 6.69. The molecule has 5 rings (SSSR count). The molecule has 6 heteroatoms. The molecule has 0 aliphatic heterocycles. The van der Waals surface area contributed by atoms with Gasteiger partial charge in [0.05, 0.1) is 16.6 Å². The number of nitrogens with zero attached hydrogens (tertiary/aromatic N) is 2. The molecule has 0 fully saturated rings. The van der Waals surface area contributed by atoms with E-state index in [1.165, 1.54) is 11.3 Å². The van der Waals surface area contributed by atoms with Gasteiger partial charge >= 0.3 is 0 Å². The molecule has 0 spiro atoms. The molecule has 0 saturated heterocycles. The molecule has 0 aliphatic carbocycles. The third-order valence-electron chi connectivity index (χ3n) is 5.58. The molecule has 0 aliphatic rings. The van der Waals surface area contributed by atoms with Gasteiger partial charge in [-0.25, -0.2) is 4.98 Å². The largest absolute Gasteiger partial charge is 0.506 e. The van der Waals surface area contributed by atoms with Gasteiger partial charge in [0.15, 0.2) is 0 Å². The van der Waals surface area contributed by atoms with E-state index in [0.717, 1.165) is 22.1 Å². The molecule has 0 unspecified atom stereocenters. The Bertz CT molecular complexity index is 1460. The van der Waals surface area contributed by atoms with Crippen molar-refractivity contribution >= 4 is 31.6 Å². The Balaban J connectivity index is 1.77. The van der Waals surface area contributed by atoms with Crippen molar-refractivity contribution in [2.75, 3.05) is 7.11 Å². The molecule has 0 atom stereocenters. The first-order chi connectivity index (χ1) is 15.7. The molecule has 160 valence electrons. The Kier molecular flexibility index (Phi) is 5.47. The second-order valence-corrected chi connectivity index (χ2v) is 8.73. The van der Waals surface area contributed by atoms with E-state index in [-0.39, 0.29) is 17.9 Å². The molecular weight excluding hydrogens is 420 g/mol. The maximum absolute atomic E-state index is 13.8. The Morgan fingerprint density at radius 3 is 2.31 bits per heavy atom. The molecular formula is C26H22N2O3S. The molecule has 1 N–H and O–H groups in total. The Morgan fingerprint density at radius 2 is 1.62 bits per heavy atom. The molecule has 2 aromatic heterocycles. The summed E-state index contributed by atoms with van der Waals surface area (Å²) < 4.78 is 7.72. The van der Waals surface area contributed by atoms with Gasteiger partial charge in [-0.1, -0.05) is 66.7 Å². The second-order valence-electron chi connectivity index (χ2n) is 7.73. The van der Waals surface area contributed by atoms with Crippen molar-refractivity contribution in [1.82, 2.24) is 9.55 Å². The normalized spacial score (nSPS) is 11.4. The van der Waals surface area contributed by atoms with E-state index < -0.39 is 0 Å². The summed E-state index contributed by atoms with van der Waals surface area (Å²) in [5.41, 5.74) is 3.05. The van der Waals surface area contributed by atoms with E-state index >= 15 is 0 Å². The molecule has 3 aromatic carbocycles. The van der Waals surface area contributed by atoms with Crippen molar-refractivity contribution in [3.8, 4) is 5.75 Å². The van der Waals surface area contributed by atoms with Crippen LogP contribution in [0.4, 0.5) is 0 Å².